The first-order chi connectivity index (χ1) is 15.7. The number of hydrogen-bond donors (Lipinski definition) is 2. The Balaban J connectivity index is 1.42. The Kier molecular flexibility index (Phi) is 6.52. The average Bonchev–Trinajstić information content (AvgIpc) is 3.34. The summed E-state index contributed by atoms with van der Waals surface area (Å²) in [4.78, 5) is 16.4. The number of carbonyl (C=O) groups is 1. The Morgan fingerprint density at radius 1 is 1.06 bits per heavy atom. The maximum absolute atomic E-state index is 12.3. The minimum Gasteiger partial charge on any atom is -0.493 e. The van der Waals surface area contributed by atoms with Crippen molar-refractivity contribution in [3.05, 3.63) is 95.9 Å². The quantitative estimate of drug-likeness (QED) is 0.329. The van der Waals surface area contributed by atoms with Crippen LogP contribution >= 0.6 is 0 Å². The number of amides is 1. The predicted molar refractivity (Wildman–Crippen MR) is 121 cm³/mol. The van der Waals surface area contributed by atoms with E-state index < -0.39 is 5.91 Å². The van der Waals surface area contributed by atoms with Gasteiger partial charge in [0.2, 0.25) is 0 Å². The first-order valence-electron chi connectivity index (χ1n) is 9.88. The van der Waals surface area contributed by atoms with Gasteiger partial charge in [-0.3, -0.25) is 14.9 Å². The third-order valence-corrected chi connectivity index (χ3v) is 4.57. The van der Waals surface area contributed by atoms with Gasteiger partial charge in [0.25, 0.3) is 5.91 Å². The molecule has 4 aromatic rings. The zero-order valence-electron chi connectivity index (χ0n) is 17.4. The van der Waals surface area contributed by atoms with Crippen LogP contribution in [0.5, 0.6) is 11.5 Å². The normalized spacial score (nSPS) is 10.8. The Morgan fingerprint density at radius 2 is 1.91 bits per heavy atom. The van der Waals surface area contributed by atoms with Crippen molar-refractivity contribution in [1.82, 2.24) is 20.6 Å². The van der Waals surface area contributed by atoms with Gasteiger partial charge in [0.15, 0.2) is 11.5 Å². The van der Waals surface area contributed by atoms with Crippen molar-refractivity contribution >= 4 is 12.1 Å². The molecule has 0 bridgehead atoms. The van der Waals surface area contributed by atoms with Crippen molar-refractivity contribution < 1.29 is 14.3 Å². The van der Waals surface area contributed by atoms with Crippen molar-refractivity contribution in [2.75, 3.05) is 7.11 Å². The second-order valence-electron chi connectivity index (χ2n) is 6.76. The highest BCUT2D eigenvalue weighted by Gasteiger charge is 2.13. The second-order valence-corrected chi connectivity index (χ2v) is 6.76. The zero-order valence-corrected chi connectivity index (χ0v) is 17.4. The van der Waals surface area contributed by atoms with Crippen molar-refractivity contribution in [3.8, 4) is 22.8 Å². The maximum Gasteiger partial charge on any atom is 0.289 e. The topological polar surface area (TPSA) is 101 Å². The van der Waals surface area contributed by atoms with Gasteiger partial charge in [-0.05, 0) is 42.0 Å². The molecule has 4 rings (SSSR count). The number of methoxy groups -OCH3 is 1. The fraction of sp³-hybridized carbons (Fsp3) is 0.0833. The van der Waals surface area contributed by atoms with Gasteiger partial charge >= 0.3 is 0 Å². The Morgan fingerprint density at radius 3 is 2.69 bits per heavy atom. The number of rotatable bonds is 8. The molecule has 8 heteroatoms. The SMILES string of the molecule is COc1cc(-c2cc(C(=O)NN=Cc3ccccn3)[nH]n2)ccc1OCc1ccccc1. The van der Waals surface area contributed by atoms with Crippen LogP contribution in [0.2, 0.25) is 0 Å². The molecule has 0 saturated carbocycles. The second kappa shape index (κ2) is 10.0. The van der Waals surface area contributed by atoms with Gasteiger partial charge in [-0.1, -0.05) is 36.4 Å². The molecule has 0 fully saturated rings. The van der Waals surface area contributed by atoms with Crippen LogP contribution in [-0.4, -0.2) is 34.4 Å². The fourth-order valence-electron chi connectivity index (χ4n) is 2.94. The van der Waals surface area contributed by atoms with E-state index in [-0.39, 0.29) is 5.69 Å². The molecule has 0 saturated heterocycles. The lowest BCUT2D eigenvalue weighted by Gasteiger charge is -2.11. The van der Waals surface area contributed by atoms with E-state index >= 15 is 0 Å². The summed E-state index contributed by atoms with van der Waals surface area (Å²) in [5, 5.41) is 10.9. The van der Waals surface area contributed by atoms with Crippen molar-refractivity contribution in [2.24, 2.45) is 5.10 Å². The molecule has 8 nitrogen and oxygen atoms in total. The van der Waals surface area contributed by atoms with Crippen LogP contribution in [0.15, 0.2) is 84.1 Å². The van der Waals surface area contributed by atoms with E-state index in [4.69, 9.17) is 9.47 Å². The molecule has 0 aliphatic heterocycles. The highest BCUT2D eigenvalue weighted by molar-refractivity contribution is 5.94. The molecule has 0 spiro atoms. The van der Waals surface area contributed by atoms with E-state index in [1.807, 2.05) is 54.6 Å². The minimum absolute atomic E-state index is 0.279. The van der Waals surface area contributed by atoms with Gasteiger partial charge in [0, 0.05) is 11.8 Å². The van der Waals surface area contributed by atoms with Crippen LogP contribution in [-0.2, 0) is 6.61 Å². The Hall–Kier alpha value is -4.46. The first-order valence-corrected chi connectivity index (χ1v) is 9.88. The molecule has 0 unspecified atom stereocenters. The number of nitrogens with one attached hydrogen (secondary N) is 2. The van der Waals surface area contributed by atoms with Crippen LogP contribution in [0.1, 0.15) is 21.7 Å². The molecule has 2 aromatic carbocycles. The van der Waals surface area contributed by atoms with Gasteiger partial charge in [-0.2, -0.15) is 10.2 Å². The molecular formula is C24H21N5O3. The van der Waals surface area contributed by atoms with Crippen LogP contribution in [0.4, 0.5) is 0 Å². The number of aromatic amines is 1. The van der Waals surface area contributed by atoms with Crippen LogP contribution in [0.3, 0.4) is 0 Å². The molecule has 2 heterocycles. The molecule has 0 radical (unpaired) electrons. The highest BCUT2D eigenvalue weighted by atomic mass is 16.5. The third kappa shape index (κ3) is 5.17. The summed E-state index contributed by atoms with van der Waals surface area (Å²) < 4.78 is 11.4. The molecule has 2 aromatic heterocycles. The summed E-state index contributed by atoms with van der Waals surface area (Å²) in [7, 11) is 1.58. The number of carbonyl (C=O) groups excluding carboxylic acids is 1. The summed E-state index contributed by atoms with van der Waals surface area (Å²) >= 11 is 0. The van der Waals surface area contributed by atoms with Gasteiger partial charge < -0.3 is 9.47 Å². The van der Waals surface area contributed by atoms with Crippen molar-refractivity contribution in [3.63, 3.8) is 0 Å². The standard InChI is InChI=1S/C24H21N5O3/c1-31-23-13-18(10-11-22(23)32-16-17-7-3-2-4-8-17)20-14-21(28-27-20)24(30)29-26-15-19-9-5-6-12-25-19/h2-15H,16H2,1H3,(H,27,28)(H,29,30). The first kappa shape index (κ1) is 20.8. The fourth-order valence-corrected chi connectivity index (χ4v) is 2.94. The number of H-pyrrole nitrogens is 1. The zero-order chi connectivity index (χ0) is 22.2. The van der Waals surface area contributed by atoms with Crippen LogP contribution in [0, 0.1) is 0 Å². The number of hydrogen-bond acceptors (Lipinski definition) is 6. The smallest absolute Gasteiger partial charge is 0.289 e. The molecular weight excluding hydrogens is 406 g/mol. The largest absolute Gasteiger partial charge is 0.493 e. The molecule has 0 aliphatic carbocycles. The molecule has 0 atom stereocenters. The van der Waals surface area contributed by atoms with E-state index in [1.54, 1.807) is 31.5 Å². The van der Waals surface area contributed by atoms with Gasteiger partial charge in [0.1, 0.15) is 12.3 Å². The number of hydrazone groups is 1. The molecule has 0 aliphatic rings. The Bertz CT molecular complexity index is 1210. The van der Waals surface area contributed by atoms with Crippen molar-refractivity contribution in [2.45, 2.75) is 6.61 Å². The van der Waals surface area contributed by atoms with E-state index in [1.165, 1.54) is 6.21 Å². The number of aromatic nitrogens is 3. The predicted octanol–water partition coefficient (Wildman–Crippen LogP) is 3.82. The summed E-state index contributed by atoms with van der Waals surface area (Å²) in [5.41, 5.74) is 5.80. The average molecular weight is 427 g/mol. The molecule has 1 amide bonds. The lowest BCUT2D eigenvalue weighted by molar-refractivity contribution is 0.0950. The number of benzene rings is 2. The van der Waals surface area contributed by atoms with Gasteiger partial charge in [-0.15, -0.1) is 0 Å². The van der Waals surface area contributed by atoms with Crippen molar-refractivity contribution in [1.29, 1.82) is 0 Å². The minimum atomic E-state index is -0.411. The maximum atomic E-state index is 12.3. The van der Waals surface area contributed by atoms with Crippen LogP contribution in [0.25, 0.3) is 11.3 Å². The molecule has 2 N–H and O–H groups in total. The molecule has 32 heavy (non-hydrogen) atoms. The Labute approximate surface area is 184 Å². The number of ether oxygens (including phenoxy) is 2. The van der Waals surface area contributed by atoms with E-state index in [0.717, 1.165) is 11.1 Å². The number of pyridine rings is 1. The lowest BCUT2D eigenvalue weighted by Crippen LogP contribution is -2.18. The van der Waals surface area contributed by atoms with E-state index in [2.05, 4.69) is 25.7 Å². The monoisotopic (exact) mass is 427 g/mol. The van der Waals surface area contributed by atoms with E-state index in [0.29, 0.717) is 29.5 Å². The van der Waals surface area contributed by atoms with Gasteiger partial charge in [0.05, 0.1) is 24.7 Å². The summed E-state index contributed by atoms with van der Waals surface area (Å²) in [6.45, 7) is 0.433. The summed E-state index contributed by atoms with van der Waals surface area (Å²) in [6, 6.07) is 22.5. The summed E-state index contributed by atoms with van der Waals surface area (Å²) in [6.07, 6.45) is 3.12. The highest BCUT2D eigenvalue weighted by Crippen LogP contribution is 2.32. The molecule has 160 valence electrons. The van der Waals surface area contributed by atoms with Crippen LogP contribution < -0.4 is 14.9 Å². The number of nitrogens with zero attached hydrogens (tertiary/aromatic N) is 3. The lowest BCUT2D eigenvalue weighted by atomic mass is 10.1. The third-order valence-electron chi connectivity index (χ3n) is 4.57. The van der Waals surface area contributed by atoms with E-state index in [9.17, 15) is 4.79 Å². The van der Waals surface area contributed by atoms with Gasteiger partial charge in [-0.25, -0.2) is 5.43 Å². The summed E-state index contributed by atoms with van der Waals surface area (Å²) in [5.74, 6) is 0.788.